The molecule has 1 aliphatic rings. The number of nitrogens with zero attached hydrogens (tertiary/aromatic N) is 2. The van der Waals surface area contributed by atoms with E-state index in [1.165, 1.54) is 16.2 Å². The fourth-order valence-electron chi connectivity index (χ4n) is 3.90. The minimum atomic E-state index is -2.01. The maximum atomic E-state index is 4.88. The van der Waals surface area contributed by atoms with E-state index in [1.807, 2.05) is 6.20 Å². The van der Waals surface area contributed by atoms with Crippen LogP contribution in [0.25, 0.3) is 5.69 Å². The van der Waals surface area contributed by atoms with Crippen molar-refractivity contribution in [3.8, 4) is 5.69 Å². The van der Waals surface area contributed by atoms with Crippen LogP contribution in [0.15, 0.2) is 122 Å². The van der Waals surface area contributed by atoms with Crippen LogP contribution in [0.4, 0.5) is 0 Å². The van der Waals surface area contributed by atoms with Gasteiger partial charge in [-0.05, 0) is 0 Å². The molecule has 2 nitrogen and oxygen atoms in total. The van der Waals surface area contributed by atoms with Gasteiger partial charge in [-0.3, -0.25) is 0 Å². The van der Waals surface area contributed by atoms with Gasteiger partial charge in [0.1, 0.15) is 0 Å². The monoisotopic (exact) mass is 472 g/mol. The van der Waals surface area contributed by atoms with Crippen LogP contribution in [0.3, 0.4) is 0 Å². The van der Waals surface area contributed by atoms with Crippen molar-refractivity contribution in [2.24, 2.45) is 0 Å². The van der Waals surface area contributed by atoms with E-state index in [1.54, 1.807) is 0 Å². The Morgan fingerprint density at radius 1 is 0.733 bits per heavy atom. The van der Waals surface area contributed by atoms with Crippen molar-refractivity contribution in [2.75, 3.05) is 0 Å². The Kier molecular flexibility index (Phi) is 5.27. The quantitative estimate of drug-likeness (QED) is 0.311. The number of hydrogen-bond donors (Lipinski definition) is 0. The molecule has 146 valence electrons. The summed E-state index contributed by atoms with van der Waals surface area (Å²) in [5, 5.41) is 2.56. The SMILES string of the molecule is [Se]=P(c1ccccc1)(c1ccccc1)c1nccn1-c1ccc(C2C=CC=C2)cc1. The number of aromatic nitrogens is 2. The molecule has 0 unspecified atom stereocenters. The molecule has 30 heavy (non-hydrogen) atoms. The first-order valence-electron chi connectivity index (χ1n) is 9.97. The number of allylic oxidation sites excluding steroid dienone is 4. The summed E-state index contributed by atoms with van der Waals surface area (Å²) < 4.78 is 2.23. The molecule has 1 aliphatic carbocycles. The third kappa shape index (κ3) is 3.40. The zero-order valence-corrected chi connectivity index (χ0v) is 19.0. The van der Waals surface area contributed by atoms with E-state index in [0.29, 0.717) is 5.92 Å². The zero-order chi connectivity index (χ0) is 20.4. The molecule has 3 aromatic carbocycles. The summed E-state index contributed by atoms with van der Waals surface area (Å²) in [5.41, 5.74) is 1.49. The second-order valence-corrected chi connectivity index (χ2v) is 13.4. The number of benzene rings is 3. The summed E-state index contributed by atoms with van der Waals surface area (Å²) in [6, 6.07) is 30.2. The van der Waals surface area contributed by atoms with Crippen molar-refractivity contribution < 1.29 is 0 Å². The van der Waals surface area contributed by atoms with Gasteiger partial charge in [0.25, 0.3) is 0 Å². The Hall–Kier alpha value is -2.70. The van der Waals surface area contributed by atoms with Gasteiger partial charge in [-0.15, -0.1) is 0 Å². The van der Waals surface area contributed by atoms with Gasteiger partial charge in [0.05, 0.1) is 0 Å². The Morgan fingerprint density at radius 2 is 1.30 bits per heavy atom. The van der Waals surface area contributed by atoms with Crippen LogP contribution in [0, 0.1) is 0 Å². The van der Waals surface area contributed by atoms with Crippen molar-refractivity contribution in [3.05, 3.63) is 127 Å². The van der Waals surface area contributed by atoms with Crippen LogP contribution in [-0.2, 0) is 0 Å². The first kappa shape index (κ1) is 19.3. The predicted molar refractivity (Wildman–Crippen MR) is 129 cm³/mol. The van der Waals surface area contributed by atoms with Gasteiger partial charge in [0.15, 0.2) is 0 Å². The second-order valence-electron chi connectivity index (χ2n) is 7.26. The minimum absolute atomic E-state index is 0.376. The summed E-state index contributed by atoms with van der Waals surface area (Å²) in [4.78, 5) is 4.88. The molecule has 1 heterocycles. The van der Waals surface area contributed by atoms with Crippen LogP contribution in [0.5, 0.6) is 0 Å². The van der Waals surface area contributed by atoms with E-state index >= 15 is 0 Å². The Morgan fingerprint density at radius 3 is 1.87 bits per heavy atom. The Labute approximate surface area is 184 Å². The van der Waals surface area contributed by atoms with E-state index in [9.17, 15) is 0 Å². The first-order valence-corrected chi connectivity index (χ1v) is 14.0. The fourth-order valence-corrected chi connectivity index (χ4v) is 8.94. The van der Waals surface area contributed by atoms with E-state index in [2.05, 4.69) is 135 Å². The summed E-state index contributed by atoms with van der Waals surface area (Å²) >= 11 is 3.60. The van der Waals surface area contributed by atoms with E-state index in [-0.39, 0.29) is 0 Å². The number of imidazole rings is 1. The maximum absolute atomic E-state index is 4.88. The molecular formula is C26H21N2PSe. The zero-order valence-electron chi connectivity index (χ0n) is 16.4. The van der Waals surface area contributed by atoms with E-state index in [0.717, 1.165) is 11.3 Å². The topological polar surface area (TPSA) is 17.8 Å². The van der Waals surface area contributed by atoms with Gasteiger partial charge >= 0.3 is 185 Å². The molecule has 5 rings (SSSR count). The third-order valence-electron chi connectivity index (χ3n) is 5.45. The summed E-state index contributed by atoms with van der Waals surface area (Å²) in [5.74, 6) is 0.376. The molecular weight excluding hydrogens is 450 g/mol. The fraction of sp³-hybridized carbons (Fsp3) is 0.0385. The predicted octanol–water partition coefficient (Wildman–Crippen LogP) is 4.46. The molecule has 4 heteroatoms. The summed E-state index contributed by atoms with van der Waals surface area (Å²) in [7, 11) is 0. The Balaban J connectivity index is 1.63. The average molecular weight is 471 g/mol. The number of rotatable bonds is 5. The number of hydrogen-bond acceptors (Lipinski definition) is 1. The van der Waals surface area contributed by atoms with Crippen LogP contribution in [0.1, 0.15) is 11.5 Å². The molecule has 4 aromatic rings. The van der Waals surface area contributed by atoms with Crippen LogP contribution in [0.2, 0.25) is 0 Å². The molecule has 0 radical (unpaired) electrons. The van der Waals surface area contributed by atoms with Crippen molar-refractivity contribution in [3.63, 3.8) is 0 Å². The third-order valence-corrected chi connectivity index (χ3v) is 12.1. The molecule has 0 aliphatic heterocycles. The molecule has 0 amide bonds. The standard InChI is InChI=1S/C26H21N2PSe/c30-29(24-11-3-1-4-12-24,25-13-5-2-6-14-25)26-27-19-20-28(26)23-17-15-22(16-18-23)21-9-7-8-10-21/h1-21H. The van der Waals surface area contributed by atoms with Crippen molar-refractivity contribution in [2.45, 2.75) is 5.92 Å². The first-order chi connectivity index (χ1) is 14.8. The van der Waals surface area contributed by atoms with Gasteiger partial charge in [0, 0.05) is 0 Å². The van der Waals surface area contributed by atoms with Gasteiger partial charge in [-0.2, -0.15) is 0 Å². The van der Waals surface area contributed by atoms with Crippen LogP contribution >= 0.6 is 5.51 Å². The average Bonchev–Trinajstić information content (AvgIpc) is 3.53. The normalized spacial score (nSPS) is 13.7. The van der Waals surface area contributed by atoms with Crippen LogP contribution < -0.4 is 16.2 Å². The molecule has 0 saturated heterocycles. The Bertz CT molecular complexity index is 1200. The van der Waals surface area contributed by atoms with Gasteiger partial charge in [-0.25, -0.2) is 0 Å². The van der Waals surface area contributed by atoms with Crippen molar-refractivity contribution >= 4 is 36.8 Å². The molecule has 0 fully saturated rings. The van der Waals surface area contributed by atoms with Crippen LogP contribution in [-0.4, -0.2) is 24.6 Å². The molecule has 1 aromatic heterocycles. The van der Waals surface area contributed by atoms with Gasteiger partial charge in [0.2, 0.25) is 0 Å². The van der Waals surface area contributed by atoms with Gasteiger partial charge in [-0.1, -0.05) is 0 Å². The van der Waals surface area contributed by atoms with Crippen molar-refractivity contribution in [1.29, 1.82) is 0 Å². The molecule has 0 bridgehead atoms. The summed E-state index contributed by atoms with van der Waals surface area (Å²) in [6.45, 7) is 0. The van der Waals surface area contributed by atoms with E-state index < -0.39 is 5.51 Å². The van der Waals surface area contributed by atoms with E-state index in [4.69, 9.17) is 4.98 Å². The second kappa shape index (κ2) is 8.20. The van der Waals surface area contributed by atoms with Gasteiger partial charge < -0.3 is 0 Å². The van der Waals surface area contributed by atoms with Crippen molar-refractivity contribution in [1.82, 2.24) is 9.55 Å². The molecule has 0 atom stereocenters. The molecule has 0 N–H and O–H groups in total. The molecule has 0 spiro atoms. The molecule has 0 saturated carbocycles. The summed E-state index contributed by atoms with van der Waals surface area (Å²) in [6.07, 6.45) is 12.6.